The Balaban J connectivity index is 1.71. The summed E-state index contributed by atoms with van der Waals surface area (Å²) >= 11 is 0. The predicted molar refractivity (Wildman–Crippen MR) is 116 cm³/mol. The van der Waals surface area contributed by atoms with Crippen molar-refractivity contribution in [2.75, 3.05) is 12.3 Å². The van der Waals surface area contributed by atoms with Crippen molar-refractivity contribution < 1.29 is 8.85 Å². The van der Waals surface area contributed by atoms with E-state index in [1.807, 2.05) is 4.57 Å². The summed E-state index contributed by atoms with van der Waals surface area (Å²) < 4.78 is 15.5. The molecule has 1 saturated carbocycles. The molecule has 1 saturated heterocycles. The van der Waals surface area contributed by atoms with Crippen molar-refractivity contribution in [3.8, 4) is 0 Å². The van der Waals surface area contributed by atoms with Gasteiger partial charge in [-0.15, -0.1) is 0 Å². The van der Waals surface area contributed by atoms with Crippen LogP contribution in [0.4, 0.5) is 5.95 Å². The van der Waals surface area contributed by atoms with Gasteiger partial charge < -0.3 is 0 Å². The van der Waals surface area contributed by atoms with Crippen LogP contribution in [0.2, 0.25) is 10.1 Å². The molecule has 160 valence electrons. The van der Waals surface area contributed by atoms with Gasteiger partial charge in [0.15, 0.2) is 0 Å². The van der Waals surface area contributed by atoms with Gasteiger partial charge in [0, 0.05) is 0 Å². The molecule has 2 aliphatic rings. The number of aromatic nitrogens is 4. The second-order valence-electron chi connectivity index (χ2n) is 10.7. The van der Waals surface area contributed by atoms with Crippen LogP contribution in [0.3, 0.4) is 0 Å². The molecule has 4 rings (SSSR count). The summed E-state index contributed by atoms with van der Waals surface area (Å²) in [4.78, 5) is 23.2. The Labute approximate surface area is 171 Å². The average molecular weight is 419 g/mol. The van der Waals surface area contributed by atoms with Crippen molar-refractivity contribution in [2.45, 2.75) is 70.2 Å². The summed E-state index contributed by atoms with van der Waals surface area (Å²) in [6, 6.07) is -0.0539. The second kappa shape index (κ2) is 6.26. The summed E-state index contributed by atoms with van der Waals surface area (Å²) in [5, 5.41) is -0.0821. The number of hydrogen-bond acceptors (Lipinski definition) is 6. The van der Waals surface area contributed by atoms with Gasteiger partial charge in [0.1, 0.15) is 0 Å². The molecule has 9 heteroatoms. The minimum absolute atomic E-state index is 0.0410. The molecule has 29 heavy (non-hydrogen) atoms. The topological polar surface area (TPSA) is 108 Å². The maximum absolute atomic E-state index is 12.2. The van der Waals surface area contributed by atoms with Gasteiger partial charge in [-0.05, 0) is 0 Å². The van der Waals surface area contributed by atoms with Gasteiger partial charge in [0.05, 0.1) is 0 Å². The normalized spacial score (nSPS) is 28.5. The third kappa shape index (κ3) is 2.90. The standard InChI is InChI=1S/C20H32N5O3Si/c1-11-12-9-27-29(19(2,3)4,20(5,6)7)28-14(12)8-13(11)25-10-22-15-16(25)23-18(21)24-17(15)26/h10,12-14,29H,1,8-9H2,2-7H3,(H3,21,23,24,26)/q-1/t12-,13-,14-/m0/s1. The first-order valence-electron chi connectivity index (χ1n) is 10.2. The van der Waals surface area contributed by atoms with Crippen LogP contribution >= 0.6 is 0 Å². The fourth-order valence-electron chi connectivity index (χ4n) is 5.58. The Morgan fingerprint density at radius 3 is 2.55 bits per heavy atom. The van der Waals surface area contributed by atoms with E-state index in [1.165, 1.54) is 0 Å². The van der Waals surface area contributed by atoms with E-state index in [4.69, 9.17) is 14.6 Å². The van der Waals surface area contributed by atoms with Crippen LogP contribution in [0.1, 0.15) is 54.0 Å². The number of anilines is 1. The molecule has 0 aromatic carbocycles. The molecule has 0 radical (unpaired) electrons. The Morgan fingerprint density at radius 2 is 1.93 bits per heavy atom. The number of fused-ring (bicyclic) bond motifs is 2. The van der Waals surface area contributed by atoms with Crippen molar-refractivity contribution in [2.24, 2.45) is 5.92 Å². The molecule has 2 fully saturated rings. The molecule has 0 amide bonds. The summed E-state index contributed by atoms with van der Waals surface area (Å²) in [6.45, 7) is 18.4. The second-order valence-corrected chi connectivity index (χ2v) is 16.2. The maximum atomic E-state index is 12.2. The first-order valence-corrected chi connectivity index (χ1v) is 12.3. The first-order chi connectivity index (χ1) is 13.4. The summed E-state index contributed by atoms with van der Waals surface area (Å²) in [5.41, 5.74) is 7.23. The Kier molecular flexibility index (Phi) is 4.38. The molecule has 0 unspecified atom stereocenters. The SMILES string of the molecule is C=C1[C@@H]2CO[SiH-](C(C)(C)C)(C(C)(C)C)O[C@H]2C[C@@H]1n1cnc2c(=O)[nH]c(N)nc21. The van der Waals surface area contributed by atoms with Gasteiger partial charge in [-0.2, -0.15) is 0 Å². The number of nitrogen functional groups attached to an aromatic ring is 1. The van der Waals surface area contributed by atoms with Crippen LogP contribution < -0.4 is 11.3 Å². The van der Waals surface area contributed by atoms with Gasteiger partial charge in [0.2, 0.25) is 0 Å². The molecule has 8 nitrogen and oxygen atoms in total. The number of H-pyrrole nitrogens is 1. The number of rotatable bonds is 1. The zero-order valence-corrected chi connectivity index (χ0v) is 19.3. The number of nitrogens with two attached hydrogens (primary N) is 1. The van der Waals surface area contributed by atoms with Crippen LogP contribution in [-0.4, -0.2) is 40.8 Å². The van der Waals surface area contributed by atoms with Crippen molar-refractivity contribution >= 4 is 25.7 Å². The molecule has 2 aromatic rings. The fourth-order valence-corrected chi connectivity index (χ4v) is 11.3. The molecular formula is C20H32N5O3Si-. The van der Waals surface area contributed by atoms with Crippen molar-refractivity contribution in [1.29, 1.82) is 0 Å². The molecule has 1 aliphatic carbocycles. The summed E-state index contributed by atoms with van der Waals surface area (Å²) in [5.74, 6) is 0.202. The molecule has 3 atom stereocenters. The van der Waals surface area contributed by atoms with Crippen molar-refractivity contribution in [3.63, 3.8) is 0 Å². The third-order valence-electron chi connectivity index (χ3n) is 6.75. The van der Waals surface area contributed by atoms with E-state index in [2.05, 4.69) is 63.1 Å². The van der Waals surface area contributed by atoms with Crippen LogP contribution in [0.25, 0.3) is 11.2 Å². The predicted octanol–water partition coefficient (Wildman–Crippen LogP) is 3.01. The van der Waals surface area contributed by atoms with Crippen LogP contribution in [0.15, 0.2) is 23.3 Å². The van der Waals surface area contributed by atoms with Gasteiger partial charge in [-0.25, -0.2) is 0 Å². The van der Waals surface area contributed by atoms with Crippen molar-refractivity contribution in [1.82, 2.24) is 19.5 Å². The molecular weight excluding hydrogens is 386 g/mol. The van der Waals surface area contributed by atoms with Crippen LogP contribution in [-0.2, 0) is 8.85 Å². The quantitative estimate of drug-likeness (QED) is 0.544. The third-order valence-corrected chi connectivity index (χ3v) is 12.7. The number of nitrogens with zero attached hydrogens (tertiary/aromatic N) is 3. The molecule has 2 aromatic heterocycles. The minimum atomic E-state index is -2.91. The summed E-state index contributed by atoms with van der Waals surface area (Å²) in [6.07, 6.45) is 2.46. The molecule has 0 spiro atoms. The molecule has 0 bridgehead atoms. The van der Waals surface area contributed by atoms with Gasteiger partial charge in [-0.3, -0.25) is 0 Å². The van der Waals surface area contributed by atoms with E-state index in [0.717, 1.165) is 12.0 Å². The first kappa shape index (κ1) is 20.3. The van der Waals surface area contributed by atoms with Crippen LogP contribution in [0, 0.1) is 5.92 Å². The van der Waals surface area contributed by atoms with E-state index in [9.17, 15) is 4.79 Å². The van der Waals surface area contributed by atoms with E-state index >= 15 is 0 Å². The van der Waals surface area contributed by atoms with Gasteiger partial charge in [0.25, 0.3) is 0 Å². The van der Waals surface area contributed by atoms with E-state index < -0.39 is 8.56 Å². The number of hydrogen-bond donors (Lipinski definition) is 2. The summed E-state index contributed by atoms with van der Waals surface area (Å²) in [7, 11) is -2.91. The number of aromatic amines is 1. The Bertz CT molecular complexity index is 1020. The molecule has 3 N–H and O–H groups in total. The zero-order valence-electron chi connectivity index (χ0n) is 18.2. The molecule has 3 heterocycles. The van der Waals surface area contributed by atoms with E-state index in [-0.39, 0.29) is 45.2 Å². The number of imidazole rings is 1. The van der Waals surface area contributed by atoms with Gasteiger partial charge in [-0.1, -0.05) is 0 Å². The average Bonchev–Trinajstić information content (AvgIpc) is 3.13. The fraction of sp³-hybridized carbons (Fsp3) is 0.650. The number of nitrogens with one attached hydrogen (secondary N) is 1. The van der Waals surface area contributed by atoms with Crippen LogP contribution in [0.5, 0.6) is 0 Å². The molecule has 1 aliphatic heterocycles. The monoisotopic (exact) mass is 418 g/mol. The van der Waals surface area contributed by atoms with E-state index in [0.29, 0.717) is 12.3 Å². The zero-order chi connectivity index (χ0) is 21.4. The Morgan fingerprint density at radius 1 is 1.28 bits per heavy atom. The van der Waals surface area contributed by atoms with E-state index in [1.54, 1.807) is 6.33 Å². The Hall–Kier alpha value is -1.97. The van der Waals surface area contributed by atoms with Gasteiger partial charge >= 0.3 is 171 Å². The van der Waals surface area contributed by atoms with Crippen molar-refractivity contribution in [3.05, 3.63) is 28.8 Å².